The third kappa shape index (κ3) is 6.49. The van der Waals surface area contributed by atoms with E-state index in [2.05, 4.69) is 15.8 Å². The van der Waals surface area contributed by atoms with E-state index >= 15 is 0 Å². The van der Waals surface area contributed by atoms with E-state index in [0.29, 0.717) is 34.9 Å². The van der Waals surface area contributed by atoms with Gasteiger partial charge in [0.25, 0.3) is 0 Å². The number of nitrogens with zero attached hydrogens (tertiary/aromatic N) is 2. The quantitative estimate of drug-likeness (QED) is 0.270. The summed E-state index contributed by atoms with van der Waals surface area (Å²) in [5.41, 5.74) is 3.77. The highest BCUT2D eigenvalue weighted by molar-refractivity contribution is 6.35. The van der Waals surface area contributed by atoms with E-state index in [1.165, 1.54) is 43.2 Å². The van der Waals surface area contributed by atoms with Crippen LogP contribution in [-0.2, 0) is 22.2 Å². The van der Waals surface area contributed by atoms with Gasteiger partial charge in [-0.1, -0.05) is 18.2 Å². The molecule has 0 bridgehead atoms. The number of hydrazone groups is 1. The fraction of sp³-hybridized carbons (Fsp3) is 0.269. The van der Waals surface area contributed by atoms with E-state index in [1.54, 1.807) is 32.0 Å². The summed E-state index contributed by atoms with van der Waals surface area (Å²) in [6.45, 7) is 3.51. The summed E-state index contributed by atoms with van der Waals surface area (Å²) in [5, 5.41) is 6.30. The minimum Gasteiger partial charge on any atom is -0.493 e. The second-order valence-electron chi connectivity index (χ2n) is 8.07. The molecular weight excluding hydrogens is 489 g/mol. The van der Waals surface area contributed by atoms with E-state index in [4.69, 9.17) is 9.47 Å². The summed E-state index contributed by atoms with van der Waals surface area (Å²) in [7, 11) is 3.05. The number of halogens is 3. The van der Waals surface area contributed by atoms with E-state index < -0.39 is 23.6 Å². The van der Waals surface area contributed by atoms with Crippen LogP contribution in [0.3, 0.4) is 0 Å². The molecule has 1 aromatic heterocycles. The lowest BCUT2D eigenvalue weighted by atomic mass is 10.1. The van der Waals surface area contributed by atoms with Gasteiger partial charge in [-0.2, -0.15) is 18.3 Å². The van der Waals surface area contributed by atoms with Gasteiger partial charge in [0.2, 0.25) is 0 Å². The van der Waals surface area contributed by atoms with Crippen LogP contribution in [0.1, 0.15) is 28.1 Å². The van der Waals surface area contributed by atoms with Gasteiger partial charge in [0.1, 0.15) is 0 Å². The third-order valence-electron chi connectivity index (χ3n) is 5.64. The molecule has 8 nitrogen and oxygen atoms in total. The minimum absolute atomic E-state index is 0.0115. The van der Waals surface area contributed by atoms with Crippen molar-refractivity contribution in [1.29, 1.82) is 0 Å². The lowest BCUT2D eigenvalue weighted by Crippen LogP contribution is -2.38. The lowest BCUT2D eigenvalue weighted by molar-refractivity contribution is -0.139. The van der Waals surface area contributed by atoms with Crippen LogP contribution in [0.2, 0.25) is 0 Å². The van der Waals surface area contributed by atoms with E-state index in [0.717, 1.165) is 11.6 Å². The molecular formula is C26H27F3N4O4. The van der Waals surface area contributed by atoms with Crippen molar-refractivity contribution in [3.63, 3.8) is 0 Å². The van der Waals surface area contributed by atoms with Crippen molar-refractivity contribution in [3.8, 4) is 17.2 Å². The van der Waals surface area contributed by atoms with Crippen LogP contribution < -0.4 is 20.2 Å². The number of para-hydroxylation sites is 1. The molecule has 0 aliphatic carbocycles. The largest absolute Gasteiger partial charge is 0.493 e. The Morgan fingerprint density at radius 1 is 1.00 bits per heavy atom. The molecule has 2 amide bonds. The SMILES string of the molecule is COc1ccc(CCNC(=O)C(=O)NN=Cc2cc(C)n(-c3ccccc3C(F)(F)F)c2C)cc1OC. The highest BCUT2D eigenvalue weighted by Gasteiger charge is 2.34. The molecule has 0 saturated carbocycles. The molecule has 37 heavy (non-hydrogen) atoms. The molecule has 2 aromatic carbocycles. The van der Waals surface area contributed by atoms with Gasteiger partial charge in [-0.15, -0.1) is 0 Å². The highest BCUT2D eigenvalue weighted by atomic mass is 19.4. The topological polar surface area (TPSA) is 94.0 Å². The van der Waals surface area contributed by atoms with Crippen molar-refractivity contribution >= 4 is 18.0 Å². The number of alkyl halides is 3. The van der Waals surface area contributed by atoms with Gasteiger partial charge in [-0.25, -0.2) is 5.43 Å². The number of carbonyl (C=O) groups is 2. The fourth-order valence-corrected chi connectivity index (χ4v) is 3.85. The van der Waals surface area contributed by atoms with Crippen molar-refractivity contribution in [3.05, 3.63) is 76.6 Å². The molecule has 0 saturated heterocycles. The molecule has 0 spiro atoms. The average Bonchev–Trinajstić information content (AvgIpc) is 3.15. The Morgan fingerprint density at radius 3 is 2.38 bits per heavy atom. The molecule has 11 heteroatoms. The predicted molar refractivity (Wildman–Crippen MR) is 132 cm³/mol. The van der Waals surface area contributed by atoms with Crippen molar-refractivity contribution < 1.29 is 32.2 Å². The summed E-state index contributed by atoms with van der Waals surface area (Å²) in [6, 6.07) is 12.3. The van der Waals surface area contributed by atoms with Gasteiger partial charge in [0, 0.05) is 23.5 Å². The zero-order valence-electron chi connectivity index (χ0n) is 20.8. The summed E-state index contributed by atoms with van der Waals surface area (Å²) in [4.78, 5) is 24.2. The van der Waals surface area contributed by atoms with Crippen molar-refractivity contribution in [1.82, 2.24) is 15.3 Å². The Morgan fingerprint density at radius 2 is 1.70 bits per heavy atom. The van der Waals surface area contributed by atoms with Gasteiger partial charge < -0.3 is 19.4 Å². The number of rotatable bonds is 8. The Labute approximate surface area is 212 Å². The van der Waals surface area contributed by atoms with E-state index in [9.17, 15) is 22.8 Å². The maximum absolute atomic E-state index is 13.5. The standard InChI is InChI=1S/C26H27F3N4O4/c1-16-13-19(17(2)33(16)21-8-6-5-7-20(21)26(27,28)29)15-31-32-25(35)24(34)30-12-11-18-9-10-22(36-3)23(14-18)37-4/h5-10,13-15H,11-12H2,1-4H3,(H,30,34)(H,32,35). The third-order valence-corrected chi connectivity index (χ3v) is 5.64. The maximum atomic E-state index is 13.5. The molecule has 0 aliphatic heterocycles. The number of nitrogens with one attached hydrogen (secondary N) is 2. The Hall–Kier alpha value is -4.28. The zero-order valence-corrected chi connectivity index (χ0v) is 20.8. The fourth-order valence-electron chi connectivity index (χ4n) is 3.85. The number of benzene rings is 2. The summed E-state index contributed by atoms with van der Waals surface area (Å²) in [5.74, 6) is -0.709. The Kier molecular flexibility index (Phi) is 8.59. The second-order valence-corrected chi connectivity index (χ2v) is 8.07. The van der Waals surface area contributed by atoms with E-state index in [-0.39, 0.29) is 12.2 Å². The molecule has 3 aromatic rings. The molecule has 2 N–H and O–H groups in total. The van der Waals surface area contributed by atoms with Crippen LogP contribution in [0, 0.1) is 13.8 Å². The van der Waals surface area contributed by atoms with Crippen LogP contribution in [-0.4, -0.2) is 43.4 Å². The van der Waals surface area contributed by atoms with Gasteiger partial charge >= 0.3 is 18.0 Å². The van der Waals surface area contributed by atoms with E-state index in [1.807, 2.05) is 6.07 Å². The number of aromatic nitrogens is 1. The van der Waals surface area contributed by atoms with Gasteiger partial charge in [0.05, 0.1) is 31.7 Å². The molecule has 1 heterocycles. The van der Waals surface area contributed by atoms with Gasteiger partial charge in [0.15, 0.2) is 11.5 Å². The van der Waals surface area contributed by atoms with Crippen LogP contribution in [0.5, 0.6) is 11.5 Å². The molecule has 0 aliphatic rings. The van der Waals surface area contributed by atoms with Crippen LogP contribution in [0.4, 0.5) is 13.2 Å². The molecule has 0 unspecified atom stereocenters. The van der Waals surface area contributed by atoms with Crippen LogP contribution >= 0.6 is 0 Å². The highest BCUT2D eigenvalue weighted by Crippen LogP contribution is 2.35. The average molecular weight is 517 g/mol. The van der Waals surface area contributed by atoms with Crippen molar-refractivity contribution in [2.24, 2.45) is 5.10 Å². The number of hydrogen-bond acceptors (Lipinski definition) is 5. The Bertz CT molecular complexity index is 1320. The summed E-state index contributed by atoms with van der Waals surface area (Å²) in [6.07, 6.45) is -2.79. The van der Waals surface area contributed by atoms with Crippen molar-refractivity contribution in [2.45, 2.75) is 26.4 Å². The van der Waals surface area contributed by atoms with Crippen molar-refractivity contribution in [2.75, 3.05) is 20.8 Å². The molecule has 0 atom stereocenters. The van der Waals surface area contributed by atoms with Crippen LogP contribution in [0.25, 0.3) is 5.69 Å². The molecule has 0 fully saturated rings. The molecule has 3 rings (SSSR count). The second kappa shape index (κ2) is 11.6. The molecule has 0 radical (unpaired) electrons. The zero-order chi connectivity index (χ0) is 27.2. The lowest BCUT2D eigenvalue weighted by Gasteiger charge is -2.16. The first-order valence-corrected chi connectivity index (χ1v) is 11.2. The Balaban J connectivity index is 1.60. The monoisotopic (exact) mass is 516 g/mol. The smallest absolute Gasteiger partial charge is 0.418 e. The first-order valence-electron chi connectivity index (χ1n) is 11.2. The van der Waals surface area contributed by atoms with Crippen LogP contribution in [0.15, 0.2) is 53.6 Å². The summed E-state index contributed by atoms with van der Waals surface area (Å²) >= 11 is 0. The first-order chi connectivity index (χ1) is 17.6. The number of ether oxygens (including phenoxy) is 2. The number of hydrogen-bond donors (Lipinski definition) is 2. The van der Waals surface area contributed by atoms with Gasteiger partial charge in [-0.3, -0.25) is 9.59 Å². The van der Waals surface area contributed by atoms with Gasteiger partial charge in [-0.05, 0) is 56.2 Å². The number of methoxy groups -OCH3 is 2. The summed E-state index contributed by atoms with van der Waals surface area (Å²) < 4.78 is 52.3. The predicted octanol–water partition coefficient (Wildman–Crippen LogP) is 3.94. The molecule has 196 valence electrons. The number of amides is 2. The normalized spacial score (nSPS) is 11.4. The number of carbonyl (C=O) groups excluding carboxylic acids is 2. The maximum Gasteiger partial charge on any atom is 0.418 e. The first kappa shape index (κ1) is 27.3. The number of aryl methyl sites for hydroxylation is 1. The minimum atomic E-state index is -4.52.